The first-order valence-electron chi connectivity index (χ1n) is 13.2. The van der Waals surface area contributed by atoms with E-state index in [-0.39, 0.29) is 19.4 Å². The van der Waals surface area contributed by atoms with Gasteiger partial charge in [-0.15, -0.1) is 11.3 Å². The van der Waals surface area contributed by atoms with Crippen molar-refractivity contribution >= 4 is 29.0 Å². The van der Waals surface area contributed by atoms with Crippen LogP contribution in [0.2, 0.25) is 0 Å². The zero-order valence-electron chi connectivity index (χ0n) is 23.2. The molecular formula is C26H29F8N5O3S. The van der Waals surface area contributed by atoms with Crippen molar-refractivity contribution in [1.82, 2.24) is 20.2 Å². The van der Waals surface area contributed by atoms with Crippen LogP contribution in [0.1, 0.15) is 72.3 Å². The number of alkyl halides is 8. The molecule has 8 nitrogen and oxygen atoms in total. The van der Waals surface area contributed by atoms with Crippen LogP contribution in [0.3, 0.4) is 0 Å². The number of pyridine rings is 1. The number of carbonyl (C=O) groups is 2. The SMILES string of the molecule is CC1CC(F)(F)CN1C(=O)c1nc(C(=O)NCC(C)(C)O)sc1-c1cnc(NCC2(C(F)(F)F)CCC2)cc1C(F)(F)F. The lowest BCUT2D eigenvalue weighted by Crippen LogP contribution is -2.48. The Kier molecular flexibility index (Phi) is 8.49. The number of nitrogens with zero attached hydrogens (tertiary/aromatic N) is 3. The van der Waals surface area contributed by atoms with E-state index in [1.807, 2.05) is 0 Å². The second kappa shape index (κ2) is 11.1. The summed E-state index contributed by atoms with van der Waals surface area (Å²) in [7, 11) is 0. The van der Waals surface area contributed by atoms with Gasteiger partial charge in [-0.1, -0.05) is 6.42 Å². The fourth-order valence-corrected chi connectivity index (χ4v) is 5.93. The Morgan fingerprint density at radius 1 is 1.16 bits per heavy atom. The van der Waals surface area contributed by atoms with E-state index in [2.05, 4.69) is 20.6 Å². The number of hydrogen-bond donors (Lipinski definition) is 3. The average molecular weight is 644 g/mol. The maximum atomic E-state index is 14.3. The summed E-state index contributed by atoms with van der Waals surface area (Å²) >= 11 is 0.380. The van der Waals surface area contributed by atoms with Crippen LogP contribution in [0.5, 0.6) is 0 Å². The van der Waals surface area contributed by atoms with Crippen LogP contribution in [-0.2, 0) is 6.18 Å². The van der Waals surface area contributed by atoms with Crippen molar-refractivity contribution in [1.29, 1.82) is 0 Å². The van der Waals surface area contributed by atoms with Gasteiger partial charge in [0.05, 0.1) is 28.0 Å². The summed E-state index contributed by atoms with van der Waals surface area (Å²) in [5.41, 5.74) is -6.26. The molecule has 2 amide bonds. The van der Waals surface area contributed by atoms with Gasteiger partial charge in [0.1, 0.15) is 11.5 Å². The number of hydrogen-bond acceptors (Lipinski definition) is 7. The van der Waals surface area contributed by atoms with Crippen LogP contribution in [0.15, 0.2) is 12.3 Å². The Hall–Kier alpha value is -3.08. The molecule has 2 aromatic heterocycles. The number of thiazole rings is 1. The zero-order valence-corrected chi connectivity index (χ0v) is 24.0. The fraction of sp³-hybridized carbons (Fsp3) is 0.615. The molecule has 1 atom stereocenters. The van der Waals surface area contributed by atoms with Gasteiger partial charge in [-0.25, -0.2) is 18.7 Å². The summed E-state index contributed by atoms with van der Waals surface area (Å²) < 4.78 is 112. The van der Waals surface area contributed by atoms with Crippen LogP contribution < -0.4 is 10.6 Å². The van der Waals surface area contributed by atoms with Gasteiger partial charge in [0.15, 0.2) is 5.01 Å². The first kappa shape index (κ1) is 32.8. The predicted octanol–water partition coefficient (Wildman–Crippen LogP) is 5.74. The van der Waals surface area contributed by atoms with Gasteiger partial charge in [0.25, 0.3) is 17.7 Å². The first-order chi connectivity index (χ1) is 19.6. The second-order valence-electron chi connectivity index (χ2n) is 11.6. The van der Waals surface area contributed by atoms with Crippen molar-refractivity contribution in [3.8, 4) is 10.4 Å². The molecule has 17 heteroatoms. The Bertz CT molecular complexity index is 1380. The lowest BCUT2D eigenvalue weighted by Gasteiger charge is -2.43. The van der Waals surface area contributed by atoms with Crippen molar-refractivity contribution in [2.75, 3.05) is 25.0 Å². The van der Waals surface area contributed by atoms with Gasteiger partial charge in [0, 0.05) is 37.3 Å². The maximum Gasteiger partial charge on any atom is 0.417 e. The quantitative estimate of drug-likeness (QED) is 0.317. The number of rotatable bonds is 8. The van der Waals surface area contributed by atoms with Gasteiger partial charge < -0.3 is 20.6 Å². The number of likely N-dealkylation sites (tertiary alicyclic amines) is 1. The molecule has 2 aromatic rings. The molecule has 3 N–H and O–H groups in total. The molecule has 0 bridgehead atoms. The van der Waals surface area contributed by atoms with Crippen molar-refractivity contribution < 1.29 is 49.8 Å². The highest BCUT2D eigenvalue weighted by molar-refractivity contribution is 7.17. The van der Waals surface area contributed by atoms with Crippen molar-refractivity contribution in [2.45, 2.75) is 76.4 Å². The Morgan fingerprint density at radius 2 is 1.81 bits per heavy atom. The Morgan fingerprint density at radius 3 is 2.30 bits per heavy atom. The summed E-state index contributed by atoms with van der Waals surface area (Å²) in [6.45, 7) is 2.09. The molecule has 1 saturated carbocycles. The van der Waals surface area contributed by atoms with E-state index in [9.17, 15) is 49.8 Å². The first-order valence-corrected chi connectivity index (χ1v) is 14.0. The average Bonchev–Trinajstić information content (AvgIpc) is 3.39. The van der Waals surface area contributed by atoms with Crippen LogP contribution in [0.4, 0.5) is 40.9 Å². The van der Waals surface area contributed by atoms with E-state index in [4.69, 9.17) is 0 Å². The van der Waals surface area contributed by atoms with E-state index in [1.165, 1.54) is 20.8 Å². The minimum Gasteiger partial charge on any atom is -0.389 e. The normalized spacial score (nSPS) is 20.1. The van der Waals surface area contributed by atoms with Crippen LogP contribution in [0.25, 0.3) is 10.4 Å². The van der Waals surface area contributed by atoms with Gasteiger partial charge in [0.2, 0.25) is 0 Å². The van der Waals surface area contributed by atoms with Crippen LogP contribution in [-0.4, -0.2) is 75.2 Å². The van der Waals surface area contributed by atoms with Crippen molar-refractivity contribution in [3.05, 3.63) is 28.5 Å². The van der Waals surface area contributed by atoms with Gasteiger partial charge >= 0.3 is 12.4 Å². The highest BCUT2D eigenvalue weighted by Crippen LogP contribution is 2.53. The van der Waals surface area contributed by atoms with E-state index in [1.54, 1.807) is 0 Å². The molecule has 0 aromatic carbocycles. The van der Waals surface area contributed by atoms with Gasteiger partial charge in [-0.3, -0.25) is 9.59 Å². The topological polar surface area (TPSA) is 107 Å². The summed E-state index contributed by atoms with van der Waals surface area (Å²) in [5, 5.41) is 14.1. The van der Waals surface area contributed by atoms with Crippen LogP contribution >= 0.6 is 11.3 Å². The molecule has 1 unspecified atom stereocenters. The minimum atomic E-state index is -5.10. The van der Waals surface area contributed by atoms with Gasteiger partial charge in [-0.05, 0) is 39.7 Å². The highest BCUT2D eigenvalue weighted by atomic mass is 32.1. The van der Waals surface area contributed by atoms with E-state index >= 15 is 0 Å². The monoisotopic (exact) mass is 643 g/mol. The molecule has 1 aliphatic carbocycles. The lowest BCUT2D eigenvalue weighted by atomic mass is 9.68. The molecule has 2 aliphatic rings. The maximum absolute atomic E-state index is 14.3. The lowest BCUT2D eigenvalue weighted by molar-refractivity contribution is -0.244. The highest BCUT2D eigenvalue weighted by Gasteiger charge is 2.58. The van der Waals surface area contributed by atoms with Gasteiger partial charge in [-0.2, -0.15) is 26.3 Å². The number of aliphatic hydroxyl groups is 1. The third kappa shape index (κ3) is 7.02. The molecule has 0 radical (unpaired) electrons. The largest absolute Gasteiger partial charge is 0.417 e. The Balaban J connectivity index is 1.76. The number of nitrogens with one attached hydrogen (secondary N) is 2. The molecule has 3 heterocycles. The van der Waals surface area contributed by atoms with E-state index < -0.39 is 99.2 Å². The summed E-state index contributed by atoms with van der Waals surface area (Å²) in [6, 6.07) is -0.504. The predicted molar refractivity (Wildman–Crippen MR) is 140 cm³/mol. The minimum absolute atomic E-state index is 0.188. The molecule has 238 valence electrons. The number of anilines is 1. The Labute approximate surface area is 244 Å². The zero-order chi connectivity index (χ0) is 32.2. The number of aromatic nitrogens is 2. The van der Waals surface area contributed by atoms with Crippen LogP contribution in [0, 0.1) is 5.41 Å². The van der Waals surface area contributed by atoms with Crippen molar-refractivity contribution in [2.24, 2.45) is 5.41 Å². The molecule has 2 fully saturated rings. The molecule has 4 rings (SSSR count). The summed E-state index contributed by atoms with van der Waals surface area (Å²) in [4.78, 5) is 34.2. The second-order valence-corrected chi connectivity index (χ2v) is 12.6. The van der Waals surface area contributed by atoms with E-state index in [0.717, 1.165) is 4.90 Å². The molecule has 0 spiro atoms. The number of carbonyl (C=O) groups excluding carboxylic acids is 2. The third-order valence-corrected chi connectivity index (χ3v) is 8.56. The third-order valence-electron chi connectivity index (χ3n) is 7.47. The summed E-state index contributed by atoms with van der Waals surface area (Å²) in [6.07, 6.45) is -9.73. The standard InChI is InChI=1S/C26H29F8N5O3S/c1-13-8-24(27,28)12-39(13)21(41)17-18(43-20(38-17)19(40)37-10-22(2,3)42)14-9-35-16(7-15(14)25(29,30)31)36-11-23(5-4-6-23)26(32,33)34/h7,9,13,42H,4-6,8,10-12H2,1-3H3,(H,35,36)(H,37,40). The van der Waals surface area contributed by atoms with E-state index in [0.29, 0.717) is 30.0 Å². The molecule has 1 aliphatic heterocycles. The number of halogens is 8. The smallest absolute Gasteiger partial charge is 0.389 e. The molecule has 43 heavy (non-hydrogen) atoms. The summed E-state index contributed by atoms with van der Waals surface area (Å²) in [5.74, 6) is -5.83. The fourth-order valence-electron chi connectivity index (χ4n) is 4.93. The molecule has 1 saturated heterocycles. The van der Waals surface area contributed by atoms with Crippen molar-refractivity contribution in [3.63, 3.8) is 0 Å². The molecular weight excluding hydrogens is 614 g/mol. The number of amides is 2.